The van der Waals surface area contributed by atoms with Gasteiger partial charge >= 0.3 is 12.1 Å². The van der Waals surface area contributed by atoms with Gasteiger partial charge in [-0.05, 0) is 0 Å². The zero-order chi connectivity index (χ0) is 7.49. The number of carbonyl (C=O) groups is 1. The lowest BCUT2D eigenvalue weighted by atomic mass is 10.7. The molecule has 0 bridgehead atoms. The van der Waals surface area contributed by atoms with E-state index in [9.17, 15) is 18.0 Å². The van der Waals surface area contributed by atoms with Crippen molar-refractivity contribution in [2.45, 2.75) is 6.18 Å². The fourth-order valence-corrected chi connectivity index (χ4v) is 0.158. The molecule has 0 aliphatic heterocycles. The molecule has 0 radical (unpaired) electrons. The average Bonchev–Trinajstić information content (AvgIpc) is 1.64. The van der Waals surface area contributed by atoms with E-state index in [2.05, 4.69) is 10.5 Å². The molecule has 3 nitrogen and oxygen atoms in total. The van der Waals surface area contributed by atoms with Crippen LogP contribution in [0.15, 0.2) is 0 Å². The number of esters is 1. The molecule has 6 heteroatoms. The van der Waals surface area contributed by atoms with Crippen molar-refractivity contribution in [3.8, 4) is 0 Å². The third-order valence-electron chi connectivity index (χ3n) is 0.446. The summed E-state index contributed by atoms with van der Waals surface area (Å²) in [6, 6.07) is 0. The van der Waals surface area contributed by atoms with Gasteiger partial charge in [0.15, 0.2) is 0 Å². The summed E-state index contributed by atoms with van der Waals surface area (Å²) in [5.74, 6) is -2.26. The number of carbonyl (C=O) groups excluding carboxylic acids is 1. The summed E-state index contributed by atoms with van der Waals surface area (Å²) < 4.78 is 36.7. The van der Waals surface area contributed by atoms with E-state index in [1.165, 1.54) is 0 Å². The van der Waals surface area contributed by atoms with Gasteiger partial charge in [-0.1, -0.05) is 0 Å². The molecule has 9 heavy (non-hydrogen) atoms. The van der Waals surface area contributed by atoms with E-state index in [1.807, 2.05) is 0 Å². The zero-order valence-electron chi connectivity index (χ0n) is 4.23. The largest absolute Gasteiger partial charge is 0.490 e. The van der Waals surface area contributed by atoms with Crippen LogP contribution in [0.25, 0.3) is 0 Å². The van der Waals surface area contributed by atoms with Crippen molar-refractivity contribution in [2.24, 2.45) is 5.73 Å². The first-order valence-electron chi connectivity index (χ1n) is 1.92. The minimum atomic E-state index is -4.93. The molecule has 0 spiro atoms. The predicted molar refractivity (Wildman–Crippen MR) is 21.2 cm³/mol. The predicted octanol–water partition coefficient (Wildman–Crippen LogP) is 0.00810. The fraction of sp³-hybridized carbons (Fsp3) is 0.667. The Bertz CT molecular complexity index is 110. The van der Waals surface area contributed by atoms with Gasteiger partial charge in [-0.2, -0.15) is 13.2 Å². The van der Waals surface area contributed by atoms with Crippen LogP contribution in [0.2, 0.25) is 0 Å². The van der Waals surface area contributed by atoms with Gasteiger partial charge < -0.3 is 4.74 Å². The van der Waals surface area contributed by atoms with Gasteiger partial charge in [0.25, 0.3) is 0 Å². The molecule has 0 aromatic carbocycles. The molecule has 0 fully saturated rings. The van der Waals surface area contributed by atoms with Crippen LogP contribution in [0.4, 0.5) is 13.2 Å². The first kappa shape index (κ1) is 8.22. The number of rotatable bonds is 1. The van der Waals surface area contributed by atoms with Gasteiger partial charge in [-0.3, -0.25) is 5.73 Å². The molecule has 2 N–H and O–H groups in total. The van der Waals surface area contributed by atoms with Gasteiger partial charge in [0.2, 0.25) is 0 Å². The van der Waals surface area contributed by atoms with Crippen molar-refractivity contribution in [2.75, 3.05) is 6.73 Å². The van der Waals surface area contributed by atoms with Gasteiger partial charge in [-0.25, -0.2) is 4.79 Å². The first-order valence-corrected chi connectivity index (χ1v) is 1.92. The Hall–Kier alpha value is -0.780. The fourth-order valence-electron chi connectivity index (χ4n) is 0.158. The number of halogens is 3. The van der Waals surface area contributed by atoms with E-state index >= 15 is 0 Å². The number of hydrogen-bond acceptors (Lipinski definition) is 3. The highest BCUT2D eigenvalue weighted by Crippen LogP contribution is 2.15. The lowest BCUT2D eigenvalue weighted by Gasteiger charge is -2.02. The molecule has 0 heterocycles. The highest BCUT2D eigenvalue weighted by molar-refractivity contribution is 5.75. The minimum absolute atomic E-state index is 0.752. The van der Waals surface area contributed by atoms with Crippen LogP contribution in [0.3, 0.4) is 0 Å². The van der Waals surface area contributed by atoms with E-state index < -0.39 is 18.9 Å². The summed E-state index contributed by atoms with van der Waals surface area (Å²) in [5, 5.41) is 0. The Labute approximate surface area is 48.6 Å². The van der Waals surface area contributed by atoms with E-state index in [1.54, 1.807) is 0 Å². The molecule has 0 aliphatic carbocycles. The van der Waals surface area contributed by atoms with Crippen LogP contribution >= 0.6 is 0 Å². The van der Waals surface area contributed by atoms with Crippen molar-refractivity contribution in [1.82, 2.24) is 0 Å². The average molecular weight is 143 g/mol. The second-order valence-electron chi connectivity index (χ2n) is 1.10. The Balaban J connectivity index is 3.74. The van der Waals surface area contributed by atoms with Crippen molar-refractivity contribution >= 4 is 5.97 Å². The third kappa shape index (κ3) is 2.91. The molecule has 0 amide bonds. The molecule has 0 rings (SSSR count). The van der Waals surface area contributed by atoms with Crippen LogP contribution in [-0.2, 0) is 9.53 Å². The summed E-state index contributed by atoms with van der Waals surface area (Å²) in [5.41, 5.74) is 4.48. The van der Waals surface area contributed by atoms with E-state index in [4.69, 9.17) is 0 Å². The second kappa shape index (κ2) is 2.67. The highest BCUT2D eigenvalue weighted by atomic mass is 19.4. The molecular formula is C3H4F3NO2. The number of nitrogens with two attached hydrogens (primary N) is 1. The Morgan fingerprint density at radius 3 is 2.11 bits per heavy atom. The number of hydrogen-bond donors (Lipinski definition) is 1. The van der Waals surface area contributed by atoms with E-state index in [-0.39, 0.29) is 0 Å². The zero-order valence-corrected chi connectivity index (χ0v) is 4.23. The molecule has 0 saturated heterocycles. The van der Waals surface area contributed by atoms with Crippen molar-refractivity contribution in [1.29, 1.82) is 0 Å². The van der Waals surface area contributed by atoms with Crippen molar-refractivity contribution in [3.63, 3.8) is 0 Å². The maximum atomic E-state index is 11.1. The summed E-state index contributed by atoms with van der Waals surface area (Å²) in [6.07, 6.45) is -4.93. The Morgan fingerprint density at radius 1 is 1.56 bits per heavy atom. The van der Waals surface area contributed by atoms with Gasteiger partial charge in [-0.15, -0.1) is 0 Å². The summed E-state index contributed by atoms with van der Waals surface area (Å²) >= 11 is 0. The third-order valence-corrected chi connectivity index (χ3v) is 0.446. The number of ether oxygens (including phenoxy) is 1. The Morgan fingerprint density at radius 2 is 2.00 bits per heavy atom. The summed E-state index contributed by atoms with van der Waals surface area (Å²) in [4.78, 5) is 9.64. The SMILES string of the molecule is NCOC(=O)C(F)(F)F. The van der Waals surface area contributed by atoms with Crippen molar-refractivity contribution in [3.05, 3.63) is 0 Å². The molecular weight excluding hydrogens is 139 g/mol. The molecule has 0 atom stereocenters. The monoisotopic (exact) mass is 143 g/mol. The van der Waals surface area contributed by atoms with Crippen LogP contribution in [0.1, 0.15) is 0 Å². The lowest BCUT2D eigenvalue weighted by Crippen LogP contribution is -2.27. The first-order chi connectivity index (χ1) is 3.98. The topological polar surface area (TPSA) is 52.3 Å². The summed E-state index contributed by atoms with van der Waals surface area (Å²) in [7, 11) is 0. The highest BCUT2D eigenvalue weighted by Gasteiger charge is 2.40. The maximum Gasteiger partial charge on any atom is 0.490 e. The van der Waals surface area contributed by atoms with Crippen LogP contribution in [-0.4, -0.2) is 18.9 Å². The van der Waals surface area contributed by atoms with Gasteiger partial charge in [0.05, 0.1) is 0 Å². The van der Waals surface area contributed by atoms with Gasteiger partial charge in [0.1, 0.15) is 6.73 Å². The molecule has 0 aliphatic rings. The maximum absolute atomic E-state index is 11.1. The minimum Gasteiger partial charge on any atom is -0.443 e. The van der Waals surface area contributed by atoms with E-state index in [0.29, 0.717) is 0 Å². The quantitative estimate of drug-likeness (QED) is 0.415. The Kier molecular flexibility index (Phi) is 2.44. The molecule has 0 unspecified atom stereocenters. The number of alkyl halides is 3. The van der Waals surface area contributed by atoms with Gasteiger partial charge in [0, 0.05) is 0 Å². The van der Waals surface area contributed by atoms with Crippen LogP contribution in [0, 0.1) is 0 Å². The summed E-state index contributed by atoms with van der Waals surface area (Å²) in [6.45, 7) is -0.752. The van der Waals surface area contributed by atoms with Crippen molar-refractivity contribution < 1.29 is 22.7 Å². The van der Waals surface area contributed by atoms with Crippen LogP contribution < -0.4 is 5.73 Å². The van der Waals surface area contributed by atoms with E-state index in [0.717, 1.165) is 0 Å². The van der Waals surface area contributed by atoms with Crippen LogP contribution in [0.5, 0.6) is 0 Å². The standard InChI is InChI=1S/C3H4F3NO2/c4-3(5,6)2(8)9-1-7/h1,7H2. The second-order valence-corrected chi connectivity index (χ2v) is 1.10. The molecule has 0 saturated carbocycles. The smallest absolute Gasteiger partial charge is 0.443 e. The lowest BCUT2D eigenvalue weighted by molar-refractivity contribution is -0.199. The molecule has 54 valence electrons. The molecule has 0 aromatic rings. The molecule has 0 aromatic heterocycles. The normalized spacial score (nSPS) is 11.1.